The molecule has 4 rings (SSSR count). The van der Waals surface area contributed by atoms with Crippen molar-refractivity contribution < 1.29 is 4.48 Å². The van der Waals surface area contributed by atoms with E-state index in [0.29, 0.717) is 5.54 Å². The van der Waals surface area contributed by atoms with Crippen molar-refractivity contribution in [1.82, 2.24) is 14.7 Å². The van der Waals surface area contributed by atoms with Gasteiger partial charge in [0.2, 0.25) is 0 Å². The molecule has 4 bridgehead atoms. The largest absolute Gasteiger partial charge is 0.282 e. The van der Waals surface area contributed by atoms with Crippen molar-refractivity contribution in [2.24, 2.45) is 0 Å². The van der Waals surface area contributed by atoms with Gasteiger partial charge in [0.05, 0.1) is 25.5 Å². The first-order valence-corrected chi connectivity index (χ1v) is 5.52. The fourth-order valence-electron chi connectivity index (χ4n) is 3.17. The summed E-state index contributed by atoms with van der Waals surface area (Å²) in [5.41, 5.74) is 0.371. The highest BCUT2D eigenvalue weighted by Crippen LogP contribution is 2.35. The lowest BCUT2D eigenvalue weighted by Crippen LogP contribution is -2.83. The number of rotatable bonds is 0. The van der Waals surface area contributed by atoms with Crippen LogP contribution in [-0.4, -0.2) is 64.7 Å². The van der Waals surface area contributed by atoms with Gasteiger partial charge in [-0.15, -0.1) is 0 Å². The molecule has 4 aliphatic heterocycles. The Morgan fingerprint density at radius 1 is 0.786 bits per heavy atom. The Bertz CT molecular complexity index is 220. The first-order valence-electron chi connectivity index (χ1n) is 5.52. The fourth-order valence-corrected chi connectivity index (χ4v) is 3.17. The van der Waals surface area contributed by atoms with E-state index in [1.165, 1.54) is 44.5 Å². The van der Waals surface area contributed by atoms with E-state index in [2.05, 4.69) is 35.5 Å². The van der Waals surface area contributed by atoms with Crippen LogP contribution >= 0.6 is 0 Å². The average molecular weight is 197 g/mol. The molecule has 0 amide bonds. The number of quaternary nitrogens is 1. The van der Waals surface area contributed by atoms with Crippen LogP contribution in [0.5, 0.6) is 0 Å². The van der Waals surface area contributed by atoms with Gasteiger partial charge in [-0.3, -0.25) is 4.48 Å². The maximum atomic E-state index is 2.57. The predicted molar refractivity (Wildman–Crippen MR) is 54.7 cm³/mol. The van der Waals surface area contributed by atoms with Gasteiger partial charge in [-0.05, 0) is 20.8 Å². The lowest BCUT2D eigenvalue weighted by atomic mass is 10.0. The highest BCUT2D eigenvalue weighted by atomic mass is 15.7. The van der Waals surface area contributed by atoms with E-state index in [-0.39, 0.29) is 0 Å². The monoisotopic (exact) mass is 197 g/mol. The van der Waals surface area contributed by atoms with Crippen molar-refractivity contribution in [2.45, 2.75) is 26.3 Å². The Labute approximate surface area is 86.3 Å². The summed E-state index contributed by atoms with van der Waals surface area (Å²) in [4.78, 5) is 7.71. The Balaban J connectivity index is 1.95. The van der Waals surface area contributed by atoms with Gasteiger partial charge in [-0.1, -0.05) is 0 Å². The molecule has 14 heavy (non-hydrogen) atoms. The van der Waals surface area contributed by atoms with Crippen LogP contribution in [0.25, 0.3) is 0 Å². The Morgan fingerprint density at radius 2 is 1.14 bits per heavy atom. The van der Waals surface area contributed by atoms with Crippen LogP contribution in [0.1, 0.15) is 20.8 Å². The quantitative estimate of drug-likeness (QED) is 0.517. The number of nitrogens with zero attached hydrogens (tertiary/aromatic N) is 4. The molecule has 4 heterocycles. The highest BCUT2D eigenvalue weighted by molar-refractivity contribution is 4.78. The summed E-state index contributed by atoms with van der Waals surface area (Å²) in [5.74, 6) is 0. The van der Waals surface area contributed by atoms with Crippen molar-refractivity contribution in [1.29, 1.82) is 0 Å². The minimum Gasteiger partial charge on any atom is -0.282 e. The van der Waals surface area contributed by atoms with Gasteiger partial charge >= 0.3 is 0 Å². The van der Waals surface area contributed by atoms with Gasteiger partial charge in [0.15, 0.2) is 0 Å². The summed E-state index contributed by atoms with van der Waals surface area (Å²) in [7, 11) is 0. The summed E-state index contributed by atoms with van der Waals surface area (Å²) in [6.07, 6.45) is 0. The third-order valence-corrected chi connectivity index (χ3v) is 4.04. The third-order valence-electron chi connectivity index (χ3n) is 4.04. The zero-order chi connectivity index (χ0) is 9.97. The van der Waals surface area contributed by atoms with Crippen molar-refractivity contribution >= 4 is 0 Å². The van der Waals surface area contributed by atoms with Crippen molar-refractivity contribution in [3.63, 3.8) is 0 Å². The van der Waals surface area contributed by atoms with Gasteiger partial charge in [-0.25, -0.2) is 14.7 Å². The van der Waals surface area contributed by atoms with Crippen LogP contribution < -0.4 is 0 Å². The van der Waals surface area contributed by atoms with Crippen molar-refractivity contribution in [3.8, 4) is 0 Å². The van der Waals surface area contributed by atoms with E-state index in [4.69, 9.17) is 0 Å². The van der Waals surface area contributed by atoms with Gasteiger partial charge in [-0.2, -0.15) is 0 Å². The molecule has 4 nitrogen and oxygen atoms in total. The molecule has 0 aromatic heterocycles. The lowest BCUT2D eigenvalue weighted by Gasteiger charge is -2.65. The second kappa shape index (κ2) is 2.50. The molecular formula is C10H21N4+. The van der Waals surface area contributed by atoms with Gasteiger partial charge in [0.1, 0.15) is 20.0 Å². The molecule has 0 N–H and O–H groups in total. The van der Waals surface area contributed by atoms with E-state index in [9.17, 15) is 0 Å². The lowest BCUT2D eigenvalue weighted by molar-refractivity contribution is -1.02. The topological polar surface area (TPSA) is 9.72 Å². The summed E-state index contributed by atoms with van der Waals surface area (Å²) >= 11 is 0. The van der Waals surface area contributed by atoms with Crippen LogP contribution in [-0.2, 0) is 0 Å². The summed E-state index contributed by atoms with van der Waals surface area (Å²) in [6, 6.07) is 0. The zero-order valence-electron chi connectivity index (χ0n) is 9.53. The maximum Gasteiger partial charge on any atom is 0.139 e. The molecule has 0 unspecified atom stereocenters. The minimum atomic E-state index is 0.371. The average Bonchev–Trinajstić information content (AvgIpc) is 1.98. The van der Waals surface area contributed by atoms with Crippen LogP contribution in [0.15, 0.2) is 0 Å². The number of hydrogen-bond acceptors (Lipinski definition) is 3. The van der Waals surface area contributed by atoms with Crippen LogP contribution in [0.4, 0.5) is 0 Å². The molecule has 0 aromatic carbocycles. The molecular weight excluding hydrogens is 176 g/mol. The molecule has 0 atom stereocenters. The summed E-state index contributed by atoms with van der Waals surface area (Å²) in [6.45, 7) is 14.4. The third kappa shape index (κ3) is 1.08. The van der Waals surface area contributed by atoms with Crippen LogP contribution in [0.2, 0.25) is 0 Å². The smallest absolute Gasteiger partial charge is 0.139 e. The summed E-state index contributed by atoms with van der Waals surface area (Å²) in [5, 5.41) is 0. The zero-order valence-corrected chi connectivity index (χ0v) is 9.53. The number of hydrogen-bond donors (Lipinski definition) is 0. The van der Waals surface area contributed by atoms with Crippen molar-refractivity contribution in [3.05, 3.63) is 0 Å². The van der Waals surface area contributed by atoms with E-state index in [1.54, 1.807) is 0 Å². The first-order chi connectivity index (χ1) is 6.48. The van der Waals surface area contributed by atoms with E-state index in [1.807, 2.05) is 0 Å². The van der Waals surface area contributed by atoms with Crippen LogP contribution in [0.3, 0.4) is 0 Å². The van der Waals surface area contributed by atoms with Crippen molar-refractivity contribution in [2.75, 3.05) is 40.0 Å². The first kappa shape index (κ1) is 9.09. The van der Waals surface area contributed by atoms with Gasteiger partial charge in [0.25, 0.3) is 0 Å². The Hall–Kier alpha value is -0.160. The molecule has 0 radical (unpaired) electrons. The predicted octanol–water partition coefficient (Wildman–Crippen LogP) is 0.294. The molecule has 0 aromatic rings. The molecule has 4 saturated heterocycles. The van der Waals surface area contributed by atoms with E-state index < -0.39 is 0 Å². The molecule has 4 heteroatoms. The normalized spacial score (nSPS) is 51.2. The Morgan fingerprint density at radius 3 is 1.43 bits per heavy atom. The second-order valence-electron chi connectivity index (χ2n) is 6.18. The van der Waals surface area contributed by atoms with E-state index in [0.717, 1.165) is 0 Å². The molecule has 80 valence electrons. The molecule has 4 fully saturated rings. The van der Waals surface area contributed by atoms with Crippen LogP contribution in [0, 0.1) is 0 Å². The summed E-state index contributed by atoms with van der Waals surface area (Å²) < 4.78 is 1.23. The fraction of sp³-hybridized carbons (Fsp3) is 1.00. The molecule has 0 saturated carbocycles. The standard InChI is InChI=1S/C10H21N4/c1-10(2,3)14-7-11-4-12(8-14)6-13(5-11)9-14/h4-9H2,1-3H3/q+1. The Kier molecular flexibility index (Phi) is 1.62. The molecule has 0 aliphatic carbocycles. The SMILES string of the molecule is CC(C)(C)[N+]12CN3CN(CN(C3)C1)C2. The second-order valence-corrected chi connectivity index (χ2v) is 6.18. The minimum absolute atomic E-state index is 0.371. The van der Waals surface area contributed by atoms with Gasteiger partial charge < -0.3 is 0 Å². The molecule has 4 aliphatic rings. The van der Waals surface area contributed by atoms with E-state index >= 15 is 0 Å². The van der Waals surface area contributed by atoms with Gasteiger partial charge in [0, 0.05) is 0 Å². The maximum absolute atomic E-state index is 2.57. The highest BCUT2D eigenvalue weighted by Gasteiger charge is 2.53. The molecule has 0 spiro atoms.